The van der Waals surface area contributed by atoms with Gasteiger partial charge in [0.2, 0.25) is 0 Å². The molecule has 1 aromatic rings. The number of nitrogens with zero attached hydrogens (tertiary/aromatic N) is 2. The van der Waals surface area contributed by atoms with Crippen LogP contribution in [0.2, 0.25) is 0 Å². The van der Waals surface area contributed by atoms with Gasteiger partial charge in [0.1, 0.15) is 0 Å². The standard InChI is InChI=1S/C10H12N2O2.Cu/c1-12(2)10(14-13)9(11)8-6-4-3-5-7-8;/h3-7,10H,1-2H3;/q-1;+1. The van der Waals surface area contributed by atoms with Crippen LogP contribution >= 0.6 is 0 Å². The predicted molar refractivity (Wildman–Crippen MR) is 53.2 cm³/mol. The SMILES string of the molecule is CN(C)C(O[O])C(=[N-])c1ccccc1.[Cu+]. The largest absolute Gasteiger partial charge is 1.00 e. The van der Waals surface area contributed by atoms with Crippen molar-refractivity contribution >= 4 is 5.71 Å². The molecule has 0 amide bonds. The maximum absolute atomic E-state index is 10.4. The van der Waals surface area contributed by atoms with Crippen LogP contribution in [0.25, 0.3) is 5.41 Å². The van der Waals surface area contributed by atoms with Gasteiger partial charge in [0, 0.05) is 0 Å². The van der Waals surface area contributed by atoms with Crippen molar-refractivity contribution in [3.05, 3.63) is 41.3 Å². The van der Waals surface area contributed by atoms with Crippen LogP contribution in [0.15, 0.2) is 30.3 Å². The van der Waals surface area contributed by atoms with Gasteiger partial charge in [-0.05, 0) is 24.9 Å². The Bertz CT molecular complexity index is 304. The third-order valence-electron chi connectivity index (χ3n) is 1.86. The van der Waals surface area contributed by atoms with Crippen LogP contribution in [0.1, 0.15) is 5.56 Å². The van der Waals surface area contributed by atoms with E-state index in [0.717, 1.165) is 0 Å². The minimum atomic E-state index is -0.947. The third kappa shape index (κ3) is 3.74. The van der Waals surface area contributed by atoms with Crippen molar-refractivity contribution in [3.63, 3.8) is 0 Å². The van der Waals surface area contributed by atoms with E-state index in [9.17, 15) is 10.7 Å². The molecule has 0 saturated heterocycles. The Balaban J connectivity index is 0.00000196. The summed E-state index contributed by atoms with van der Waals surface area (Å²) in [5, 5.41) is 20.1. The van der Waals surface area contributed by atoms with Crippen molar-refractivity contribution in [1.29, 1.82) is 0 Å². The molecule has 4 nitrogen and oxygen atoms in total. The van der Waals surface area contributed by atoms with Gasteiger partial charge in [-0.25, -0.2) is 0 Å². The van der Waals surface area contributed by atoms with E-state index >= 15 is 0 Å². The maximum atomic E-state index is 10.4. The summed E-state index contributed by atoms with van der Waals surface area (Å²) < 4.78 is 0. The number of hydrogen-bond donors (Lipinski definition) is 0. The van der Waals surface area contributed by atoms with E-state index in [2.05, 4.69) is 4.89 Å². The molecule has 1 aromatic carbocycles. The second-order valence-corrected chi connectivity index (χ2v) is 3.16. The zero-order chi connectivity index (χ0) is 10.6. The molecule has 0 bridgehead atoms. The first-order valence-electron chi connectivity index (χ1n) is 4.23. The van der Waals surface area contributed by atoms with Gasteiger partial charge in [0.05, 0.1) is 0 Å². The average molecular weight is 256 g/mol. The fourth-order valence-electron chi connectivity index (χ4n) is 1.13. The van der Waals surface area contributed by atoms with Gasteiger partial charge in [-0.2, -0.15) is 4.89 Å². The number of benzene rings is 1. The van der Waals surface area contributed by atoms with E-state index in [4.69, 9.17) is 0 Å². The Morgan fingerprint density at radius 3 is 2.27 bits per heavy atom. The predicted octanol–water partition coefficient (Wildman–Crippen LogP) is 1.29. The molecular formula is C10H12CuN2O2. The van der Waals surface area contributed by atoms with E-state index in [1.165, 1.54) is 4.90 Å². The molecule has 0 heterocycles. The molecule has 1 atom stereocenters. The normalized spacial score (nSPS) is 12.0. The molecule has 1 radical (unpaired) electrons. The van der Waals surface area contributed by atoms with Crippen molar-refractivity contribution < 1.29 is 27.2 Å². The fourth-order valence-corrected chi connectivity index (χ4v) is 1.13. The smallest absolute Gasteiger partial charge is 0.804 e. The summed E-state index contributed by atoms with van der Waals surface area (Å²) in [6.07, 6.45) is -0.947. The van der Waals surface area contributed by atoms with Crippen molar-refractivity contribution in [2.45, 2.75) is 6.23 Å². The third-order valence-corrected chi connectivity index (χ3v) is 1.86. The van der Waals surface area contributed by atoms with Crippen LogP contribution in [0.4, 0.5) is 0 Å². The first kappa shape index (κ1) is 14.3. The summed E-state index contributed by atoms with van der Waals surface area (Å²) in [6.45, 7) is 0. The minimum absolute atomic E-state index is 0. The molecular weight excluding hydrogens is 244 g/mol. The Morgan fingerprint density at radius 1 is 1.33 bits per heavy atom. The summed E-state index contributed by atoms with van der Waals surface area (Å²) in [7, 11) is 3.31. The fraction of sp³-hybridized carbons (Fsp3) is 0.300. The van der Waals surface area contributed by atoms with Gasteiger partial charge in [-0.15, -0.1) is 5.71 Å². The Morgan fingerprint density at radius 2 is 1.87 bits per heavy atom. The molecule has 15 heavy (non-hydrogen) atoms. The van der Waals surface area contributed by atoms with Crippen LogP contribution in [-0.2, 0) is 27.2 Å². The number of hydrogen-bond acceptors (Lipinski definition) is 2. The molecule has 1 rings (SSSR count). The zero-order valence-corrected chi connectivity index (χ0v) is 9.42. The quantitative estimate of drug-likeness (QED) is 0.268. The van der Waals surface area contributed by atoms with E-state index in [1.54, 1.807) is 38.4 Å². The van der Waals surface area contributed by atoms with E-state index < -0.39 is 6.23 Å². The summed E-state index contributed by atoms with van der Waals surface area (Å²) in [5.74, 6) is 0. The molecule has 5 heteroatoms. The van der Waals surface area contributed by atoms with Crippen LogP contribution in [-0.4, -0.2) is 30.9 Å². The molecule has 1 unspecified atom stereocenters. The summed E-state index contributed by atoms with van der Waals surface area (Å²) in [6, 6.07) is 8.82. The molecule has 0 aromatic heterocycles. The summed E-state index contributed by atoms with van der Waals surface area (Å²) >= 11 is 0. The van der Waals surface area contributed by atoms with Gasteiger partial charge in [0.15, 0.2) is 6.23 Å². The second kappa shape index (κ2) is 6.71. The molecule has 0 N–H and O–H groups in total. The van der Waals surface area contributed by atoms with Crippen molar-refractivity contribution in [1.82, 2.24) is 4.90 Å². The average Bonchev–Trinajstić information content (AvgIpc) is 2.19. The number of likely N-dealkylation sites (N-methyl/N-ethyl adjacent to an activating group) is 1. The molecule has 0 aliphatic carbocycles. The zero-order valence-electron chi connectivity index (χ0n) is 8.48. The van der Waals surface area contributed by atoms with Crippen LogP contribution < -0.4 is 0 Å². The molecule has 0 spiro atoms. The van der Waals surface area contributed by atoms with Crippen molar-refractivity contribution in [3.8, 4) is 0 Å². The maximum Gasteiger partial charge on any atom is 1.00 e. The number of rotatable bonds is 4. The molecule has 0 aliphatic heterocycles. The molecule has 0 fully saturated rings. The first-order valence-corrected chi connectivity index (χ1v) is 4.23. The van der Waals surface area contributed by atoms with Gasteiger partial charge in [-0.1, -0.05) is 30.3 Å². The van der Waals surface area contributed by atoms with Crippen LogP contribution in [0.3, 0.4) is 0 Å². The molecule has 0 saturated carbocycles. The molecule has 85 valence electrons. The first-order chi connectivity index (χ1) is 6.66. The van der Waals surface area contributed by atoms with Gasteiger partial charge in [0.25, 0.3) is 0 Å². The Labute approximate surface area is 99.8 Å². The van der Waals surface area contributed by atoms with Crippen LogP contribution in [0, 0.1) is 0 Å². The van der Waals surface area contributed by atoms with Crippen molar-refractivity contribution in [2.75, 3.05) is 14.1 Å². The van der Waals surface area contributed by atoms with E-state index in [1.807, 2.05) is 6.07 Å². The van der Waals surface area contributed by atoms with Gasteiger partial charge >= 0.3 is 17.1 Å². The van der Waals surface area contributed by atoms with Gasteiger partial charge < -0.3 is 5.41 Å². The van der Waals surface area contributed by atoms with Crippen LogP contribution in [0.5, 0.6) is 0 Å². The Hall–Kier alpha value is -0.711. The second-order valence-electron chi connectivity index (χ2n) is 3.16. The van der Waals surface area contributed by atoms with Gasteiger partial charge in [-0.3, -0.25) is 4.90 Å². The van der Waals surface area contributed by atoms with E-state index in [-0.39, 0.29) is 22.8 Å². The minimum Gasteiger partial charge on any atom is -0.804 e. The Kier molecular flexibility index (Phi) is 6.40. The summed E-state index contributed by atoms with van der Waals surface area (Å²) in [4.78, 5) is 5.41. The van der Waals surface area contributed by atoms with Crippen molar-refractivity contribution in [2.24, 2.45) is 0 Å². The molecule has 0 aliphatic rings. The topological polar surface area (TPSA) is 54.7 Å². The monoisotopic (exact) mass is 255 g/mol. The van der Waals surface area contributed by atoms with E-state index in [0.29, 0.717) is 5.56 Å². The summed E-state index contributed by atoms with van der Waals surface area (Å²) in [5.41, 5.74) is 0.507.